The number of halogens is 1. The molecule has 0 unspecified atom stereocenters. The predicted octanol–water partition coefficient (Wildman–Crippen LogP) is 3.57. The van der Waals surface area contributed by atoms with Gasteiger partial charge in [0, 0.05) is 23.2 Å². The van der Waals surface area contributed by atoms with Crippen LogP contribution in [0.1, 0.15) is 6.92 Å². The van der Waals surface area contributed by atoms with Gasteiger partial charge in [-0.3, -0.25) is 14.9 Å². The van der Waals surface area contributed by atoms with E-state index in [1.165, 1.54) is 6.92 Å². The molecule has 0 saturated heterocycles. The van der Waals surface area contributed by atoms with Crippen LogP contribution < -0.4 is 15.4 Å². The molecule has 0 atom stereocenters. The molecule has 0 saturated carbocycles. The van der Waals surface area contributed by atoms with E-state index in [-0.39, 0.29) is 18.5 Å². The third kappa shape index (κ3) is 4.57. The van der Waals surface area contributed by atoms with E-state index in [1.807, 2.05) is 12.1 Å². The molecule has 8 heteroatoms. The van der Waals surface area contributed by atoms with Crippen molar-refractivity contribution in [3.05, 3.63) is 46.9 Å². The van der Waals surface area contributed by atoms with E-state index in [0.29, 0.717) is 22.5 Å². The topological polar surface area (TPSA) is 93.5 Å². The van der Waals surface area contributed by atoms with Crippen LogP contribution >= 0.6 is 15.9 Å². The highest BCUT2D eigenvalue weighted by molar-refractivity contribution is 9.10. The standard InChI is InChI=1S/C17H14BrN3O4/c1-10(22)19-12-4-7-14-15(8-12)25-17(20-14)21-16(23)9-24-13-5-2-11(18)3-6-13/h2-8H,9H2,1H3,(H,19,22)(H,20,21,23). The molecule has 3 rings (SSSR count). The van der Waals surface area contributed by atoms with Gasteiger partial charge in [-0.2, -0.15) is 4.98 Å². The lowest BCUT2D eigenvalue weighted by Gasteiger charge is -2.05. The summed E-state index contributed by atoms with van der Waals surface area (Å²) >= 11 is 3.33. The molecular weight excluding hydrogens is 390 g/mol. The molecule has 0 spiro atoms. The Hall–Kier alpha value is -2.87. The zero-order chi connectivity index (χ0) is 17.8. The SMILES string of the molecule is CC(=O)Nc1ccc2nc(NC(=O)COc3ccc(Br)cc3)oc2c1. The second kappa shape index (κ2) is 7.35. The second-order valence-corrected chi connectivity index (χ2v) is 6.09. The van der Waals surface area contributed by atoms with Gasteiger partial charge >= 0.3 is 6.01 Å². The number of ether oxygens (including phenoxy) is 1. The molecule has 128 valence electrons. The first kappa shape index (κ1) is 17.0. The normalized spacial score (nSPS) is 10.5. The minimum absolute atomic E-state index is 0.0689. The maximum Gasteiger partial charge on any atom is 0.302 e. The van der Waals surface area contributed by atoms with Gasteiger partial charge in [0.2, 0.25) is 5.91 Å². The fourth-order valence-electron chi connectivity index (χ4n) is 2.09. The van der Waals surface area contributed by atoms with Gasteiger partial charge in [0.15, 0.2) is 12.2 Å². The number of nitrogens with zero attached hydrogens (tertiary/aromatic N) is 1. The molecule has 7 nitrogen and oxygen atoms in total. The van der Waals surface area contributed by atoms with E-state index in [1.54, 1.807) is 30.3 Å². The molecule has 2 amide bonds. The zero-order valence-electron chi connectivity index (χ0n) is 13.2. The van der Waals surface area contributed by atoms with Gasteiger partial charge in [0.05, 0.1) is 0 Å². The van der Waals surface area contributed by atoms with Crippen molar-refractivity contribution in [2.24, 2.45) is 0 Å². The van der Waals surface area contributed by atoms with Crippen molar-refractivity contribution in [2.45, 2.75) is 6.92 Å². The van der Waals surface area contributed by atoms with Gasteiger partial charge in [-0.1, -0.05) is 15.9 Å². The van der Waals surface area contributed by atoms with Gasteiger partial charge < -0.3 is 14.5 Å². The van der Waals surface area contributed by atoms with Crippen molar-refractivity contribution >= 4 is 50.5 Å². The van der Waals surface area contributed by atoms with Crippen molar-refractivity contribution in [1.82, 2.24) is 4.98 Å². The first-order valence-electron chi connectivity index (χ1n) is 7.36. The monoisotopic (exact) mass is 403 g/mol. The highest BCUT2D eigenvalue weighted by Gasteiger charge is 2.11. The molecule has 0 aliphatic heterocycles. The third-order valence-electron chi connectivity index (χ3n) is 3.14. The first-order valence-corrected chi connectivity index (χ1v) is 8.15. The Labute approximate surface area is 151 Å². The van der Waals surface area contributed by atoms with Crippen LogP contribution in [0.3, 0.4) is 0 Å². The van der Waals surface area contributed by atoms with Gasteiger partial charge in [0.25, 0.3) is 5.91 Å². The minimum Gasteiger partial charge on any atom is -0.484 e. The molecule has 3 aromatic rings. The highest BCUT2D eigenvalue weighted by atomic mass is 79.9. The summed E-state index contributed by atoms with van der Waals surface area (Å²) in [5, 5.41) is 5.19. The number of hydrogen-bond donors (Lipinski definition) is 2. The van der Waals surface area contributed by atoms with E-state index < -0.39 is 5.91 Å². The number of carbonyl (C=O) groups is 2. The Kier molecular flexibility index (Phi) is 4.99. The molecular formula is C17H14BrN3O4. The molecule has 25 heavy (non-hydrogen) atoms. The van der Waals surface area contributed by atoms with E-state index in [2.05, 4.69) is 31.5 Å². The second-order valence-electron chi connectivity index (χ2n) is 5.17. The number of nitrogens with one attached hydrogen (secondary N) is 2. The quantitative estimate of drug-likeness (QED) is 0.678. The lowest BCUT2D eigenvalue weighted by Crippen LogP contribution is -2.20. The summed E-state index contributed by atoms with van der Waals surface area (Å²) in [5.41, 5.74) is 1.61. The van der Waals surface area contributed by atoms with Crippen LogP contribution in [0.15, 0.2) is 51.4 Å². The third-order valence-corrected chi connectivity index (χ3v) is 3.67. The molecule has 0 aliphatic rings. The first-order chi connectivity index (χ1) is 12.0. The molecule has 0 radical (unpaired) electrons. The molecule has 1 heterocycles. The number of carbonyl (C=O) groups excluding carboxylic acids is 2. The summed E-state index contributed by atoms with van der Waals surface area (Å²) in [7, 11) is 0. The van der Waals surface area contributed by atoms with E-state index in [9.17, 15) is 9.59 Å². The summed E-state index contributed by atoms with van der Waals surface area (Å²) in [6.07, 6.45) is 0. The fraction of sp³-hybridized carbons (Fsp3) is 0.118. The summed E-state index contributed by atoms with van der Waals surface area (Å²) in [6, 6.07) is 12.2. The van der Waals surface area contributed by atoms with Gasteiger partial charge in [0.1, 0.15) is 11.3 Å². The van der Waals surface area contributed by atoms with E-state index in [0.717, 1.165) is 4.47 Å². The van der Waals surface area contributed by atoms with E-state index >= 15 is 0 Å². The van der Waals surface area contributed by atoms with E-state index in [4.69, 9.17) is 9.15 Å². The molecule has 0 fully saturated rings. The van der Waals surface area contributed by atoms with Crippen LogP contribution in [0, 0.1) is 0 Å². The zero-order valence-corrected chi connectivity index (χ0v) is 14.8. The largest absolute Gasteiger partial charge is 0.484 e. The van der Waals surface area contributed by atoms with Gasteiger partial charge in [-0.25, -0.2) is 0 Å². The molecule has 1 aromatic heterocycles. The Bertz CT molecular complexity index is 921. The summed E-state index contributed by atoms with van der Waals surface area (Å²) in [5.74, 6) is 0.00454. The Balaban J connectivity index is 1.62. The smallest absolute Gasteiger partial charge is 0.302 e. The van der Waals surface area contributed by atoms with Crippen LogP contribution in [-0.4, -0.2) is 23.4 Å². The summed E-state index contributed by atoms with van der Waals surface area (Å²) in [6.45, 7) is 1.25. The Morgan fingerprint density at radius 1 is 1.16 bits per heavy atom. The number of hydrogen-bond acceptors (Lipinski definition) is 5. The van der Waals surface area contributed by atoms with Crippen LogP contribution in [0.5, 0.6) is 5.75 Å². The van der Waals surface area contributed by atoms with Crippen LogP contribution in [-0.2, 0) is 9.59 Å². The predicted molar refractivity (Wildman–Crippen MR) is 96.6 cm³/mol. The lowest BCUT2D eigenvalue weighted by atomic mass is 10.3. The summed E-state index contributed by atoms with van der Waals surface area (Å²) in [4.78, 5) is 27.2. The number of benzene rings is 2. The van der Waals surface area contributed by atoms with Crippen LogP contribution in [0.4, 0.5) is 11.7 Å². The molecule has 0 aliphatic carbocycles. The number of amides is 2. The van der Waals surface area contributed by atoms with Gasteiger partial charge in [-0.15, -0.1) is 0 Å². The fourth-order valence-corrected chi connectivity index (χ4v) is 2.36. The molecule has 2 aromatic carbocycles. The van der Waals surface area contributed by atoms with Crippen LogP contribution in [0.2, 0.25) is 0 Å². The van der Waals surface area contributed by atoms with Crippen molar-refractivity contribution in [2.75, 3.05) is 17.2 Å². The molecule has 2 N–H and O–H groups in total. The number of aromatic nitrogens is 1. The average molecular weight is 404 g/mol. The van der Waals surface area contributed by atoms with Crippen molar-refractivity contribution in [3.63, 3.8) is 0 Å². The minimum atomic E-state index is -0.392. The number of oxazole rings is 1. The average Bonchev–Trinajstić information content (AvgIpc) is 2.95. The highest BCUT2D eigenvalue weighted by Crippen LogP contribution is 2.22. The van der Waals surface area contributed by atoms with Crippen LogP contribution in [0.25, 0.3) is 11.1 Å². The number of rotatable bonds is 5. The maximum absolute atomic E-state index is 11.9. The number of fused-ring (bicyclic) bond motifs is 1. The van der Waals surface area contributed by atoms with Crippen molar-refractivity contribution < 1.29 is 18.7 Å². The van der Waals surface area contributed by atoms with Crippen molar-refractivity contribution in [3.8, 4) is 5.75 Å². The Morgan fingerprint density at radius 3 is 2.64 bits per heavy atom. The van der Waals surface area contributed by atoms with Crippen molar-refractivity contribution in [1.29, 1.82) is 0 Å². The summed E-state index contributed by atoms with van der Waals surface area (Å²) < 4.78 is 11.8. The number of anilines is 2. The maximum atomic E-state index is 11.9. The lowest BCUT2D eigenvalue weighted by molar-refractivity contribution is -0.118. The molecule has 0 bridgehead atoms. The van der Waals surface area contributed by atoms with Gasteiger partial charge in [-0.05, 0) is 36.4 Å². The Morgan fingerprint density at radius 2 is 1.92 bits per heavy atom.